The van der Waals surface area contributed by atoms with Crippen molar-refractivity contribution in [2.24, 2.45) is 0 Å². The number of alkyl halides is 74. The zero-order chi connectivity index (χ0) is 92.7. The van der Waals surface area contributed by atoms with Gasteiger partial charge in [0.2, 0.25) is 0 Å². The quantitative estimate of drug-likeness (QED) is 0.0584. The highest BCUT2D eigenvalue weighted by molar-refractivity contribution is 5.26. The Morgan fingerprint density at radius 3 is 0.189 bits per heavy atom. The van der Waals surface area contributed by atoms with Crippen LogP contribution < -0.4 is 0 Å². The first kappa shape index (κ1) is 106. The van der Waals surface area contributed by atoms with Gasteiger partial charge in [-0.1, -0.05) is 0 Å². The van der Waals surface area contributed by atoms with Gasteiger partial charge in [0.25, 0.3) is 0 Å². The molecule has 0 amide bonds. The Balaban J connectivity index is 8.33. The molecule has 0 radical (unpaired) electrons. The van der Waals surface area contributed by atoms with Crippen molar-refractivity contribution < 1.29 is 330 Å². The smallest absolute Gasteiger partial charge is 0.245 e. The van der Waals surface area contributed by atoms with Crippen molar-refractivity contribution >= 4 is 0 Å². The minimum atomic E-state index is -11.2. The summed E-state index contributed by atoms with van der Waals surface area (Å²) in [5.74, 6) is -345. The monoisotopic (exact) mass is 1850 g/mol. The van der Waals surface area contributed by atoms with Gasteiger partial charge in [0.05, 0.1) is 0 Å². The molecule has 0 aromatic heterocycles. The molecule has 0 aliphatic rings. The SMILES string of the molecule is FC(F)(F)C(F)(F)C(F)(F)C(F)(F)C(F)(F)C(F)(F)C(F)(F)C(F)(F)C(F)(F)C(F)(F)C(F)(F)C(F)(F)C(F)(F)C(F)(F)C(F)(F)C(F)(F)C(F)(F)C(F)(F)OC(F)(F)C(F)(F)C(F)(F)C(F)(F)C(F)(F)C(F)(F)C(F)(F)C(F)(F)C(F)(F)C(F)(F)C(F)(F)C(F)(F)C(F)(F)C(F)(F)C(F)(F)C(F)(F)C(F)(F)C(F)(F)F. The fraction of sp³-hybridized carbons (Fsp3) is 1.00. The maximum atomic E-state index is 14.3. The topological polar surface area (TPSA) is 9.23 Å². The van der Waals surface area contributed by atoms with Crippen molar-refractivity contribution in [3.8, 4) is 0 Å². The second-order valence-corrected chi connectivity index (χ2v) is 20.5. The summed E-state index contributed by atoms with van der Waals surface area (Å²) in [6, 6.07) is 0. The molecule has 1 nitrogen and oxygen atoms in total. The van der Waals surface area contributed by atoms with Crippen LogP contribution in [0.3, 0.4) is 0 Å². The van der Waals surface area contributed by atoms with E-state index in [1.54, 1.807) is 0 Å². The Labute approximate surface area is 545 Å². The number of ether oxygens (including phenoxy) is 1. The molecule has 0 fully saturated rings. The van der Waals surface area contributed by atoms with Crippen LogP contribution in [0.1, 0.15) is 0 Å². The molecular formula is C36F74O. The summed E-state index contributed by atoms with van der Waals surface area (Å²) in [7, 11) is 0. The summed E-state index contributed by atoms with van der Waals surface area (Å²) >= 11 is 0. The lowest BCUT2D eigenvalue weighted by atomic mass is 9.82. The third kappa shape index (κ3) is 11.8. The summed E-state index contributed by atoms with van der Waals surface area (Å²) in [4.78, 5) is 0. The van der Waals surface area contributed by atoms with Crippen LogP contribution in [-0.2, 0) is 4.74 Å². The molecule has 0 unspecified atom stereocenters. The summed E-state index contributed by atoms with van der Waals surface area (Å²) in [5.41, 5.74) is 0. The van der Waals surface area contributed by atoms with Crippen LogP contribution in [0.15, 0.2) is 0 Å². The van der Waals surface area contributed by atoms with E-state index in [-0.39, 0.29) is 4.74 Å². The predicted octanol–water partition coefficient (Wildman–Crippen LogP) is 23.6. The third-order valence-corrected chi connectivity index (χ3v) is 13.5. The zero-order valence-electron chi connectivity index (χ0n) is 46.4. The number of hydrogen-bond acceptors (Lipinski definition) is 1. The van der Waals surface area contributed by atoms with Gasteiger partial charge < -0.3 is 0 Å². The van der Waals surface area contributed by atoms with E-state index in [1.165, 1.54) is 0 Å². The molecule has 0 atom stereocenters. The molecule has 0 N–H and O–H groups in total. The van der Waals surface area contributed by atoms with E-state index in [4.69, 9.17) is 0 Å². The molecule has 668 valence electrons. The highest BCUT2D eigenvalue weighted by atomic mass is 19.5. The minimum Gasteiger partial charge on any atom is -0.245 e. The van der Waals surface area contributed by atoms with E-state index < -0.39 is 214 Å². The van der Waals surface area contributed by atoms with Crippen LogP contribution >= 0.6 is 0 Å². The summed E-state index contributed by atoms with van der Waals surface area (Å²) < 4.78 is 1020. The molecule has 0 saturated carbocycles. The van der Waals surface area contributed by atoms with Crippen LogP contribution in [0, 0.1) is 0 Å². The molecule has 0 bridgehead atoms. The molecule has 75 heteroatoms. The van der Waals surface area contributed by atoms with E-state index in [0.717, 1.165) is 0 Å². The fourth-order valence-electron chi connectivity index (χ4n) is 6.53. The van der Waals surface area contributed by atoms with Gasteiger partial charge in [0.15, 0.2) is 0 Å². The highest BCUT2D eigenvalue weighted by Gasteiger charge is 3.07. The first-order valence-electron chi connectivity index (χ1n) is 22.9. The van der Waals surface area contributed by atoms with Gasteiger partial charge in [-0.2, -0.15) is 325 Å². The first-order valence-corrected chi connectivity index (χ1v) is 22.9. The predicted molar refractivity (Wildman–Crippen MR) is 181 cm³/mol. The average molecular weight is 1850 g/mol. The maximum Gasteiger partial charge on any atom is 0.460 e. The van der Waals surface area contributed by atoms with Gasteiger partial charge in [0, 0.05) is 0 Å². The Bertz CT molecular complexity index is 3110. The van der Waals surface area contributed by atoms with Crippen molar-refractivity contribution in [3.05, 3.63) is 0 Å². The molecule has 0 aliphatic carbocycles. The molecule has 0 spiro atoms. The highest BCUT2D eigenvalue weighted by Crippen LogP contribution is 2.75. The Morgan fingerprint density at radius 1 is 0.0721 bits per heavy atom. The number of rotatable bonds is 34. The average Bonchev–Trinajstić information content (AvgIpc) is 0.679. The van der Waals surface area contributed by atoms with E-state index in [0.29, 0.717) is 0 Å². The molecule has 0 saturated heterocycles. The molecule has 0 heterocycles. The number of halogens is 74. The molecule has 0 aromatic rings. The fourth-order valence-corrected chi connectivity index (χ4v) is 6.53. The lowest BCUT2D eigenvalue weighted by Crippen LogP contribution is -2.80. The number of hydrogen-bond donors (Lipinski definition) is 0. The van der Waals surface area contributed by atoms with E-state index >= 15 is 0 Å². The van der Waals surface area contributed by atoms with E-state index in [9.17, 15) is 325 Å². The van der Waals surface area contributed by atoms with Gasteiger partial charge in [-0.05, 0) is 0 Å². The van der Waals surface area contributed by atoms with Crippen molar-refractivity contribution in [3.63, 3.8) is 0 Å². The summed E-state index contributed by atoms with van der Waals surface area (Å²) in [5, 5.41) is 0. The largest absolute Gasteiger partial charge is 0.460 e. The van der Waals surface area contributed by atoms with Crippen LogP contribution in [0.25, 0.3) is 0 Å². The molecule has 111 heavy (non-hydrogen) atoms. The lowest BCUT2D eigenvalue weighted by Gasteiger charge is -2.47. The standard InChI is InChI=1S/C36F74O/c37-1(38,5(45,46)9(53,54)13(61,62)17(69,70)21(77,78)25(85,86)29(93,94)33(101,102)103)3(41,42)7(49,50)11(57,58)15(65,66)19(73,74)23(81,82)27(89,90)31(97,98)35(107,108)111-36(109,110)32(99,100)28(91,92)24(83,84)20(75,76)16(67,68)12(59,60)8(51,52)4(43,44)2(39,40)6(47,48)10(55,56)14(63,64)18(71,72)22(79,80)26(87,88)30(95,96)34(104,105)106. The third-order valence-electron chi connectivity index (χ3n) is 13.5. The zero-order valence-corrected chi connectivity index (χ0v) is 46.4. The molecular weight excluding hydrogens is 1850 g/mol. The van der Waals surface area contributed by atoms with E-state index in [1.807, 2.05) is 0 Å². The normalized spacial score (nSPS) is 17.7. The minimum absolute atomic E-state index is 0.0820. The van der Waals surface area contributed by atoms with Crippen molar-refractivity contribution in [1.82, 2.24) is 0 Å². The molecule has 0 rings (SSSR count). The second-order valence-electron chi connectivity index (χ2n) is 20.5. The second kappa shape index (κ2) is 25.2. The summed E-state index contributed by atoms with van der Waals surface area (Å²) in [6.07, 6.45) is -38.7. The van der Waals surface area contributed by atoms with Crippen LogP contribution in [-0.4, -0.2) is 214 Å². The van der Waals surface area contributed by atoms with Crippen molar-refractivity contribution in [1.29, 1.82) is 0 Å². The molecule has 0 aromatic carbocycles. The maximum absolute atomic E-state index is 14.3. The van der Waals surface area contributed by atoms with Gasteiger partial charge >= 0.3 is 214 Å². The van der Waals surface area contributed by atoms with Gasteiger partial charge in [-0.3, -0.25) is 0 Å². The Morgan fingerprint density at radius 2 is 0.126 bits per heavy atom. The van der Waals surface area contributed by atoms with Gasteiger partial charge in [-0.15, -0.1) is 0 Å². The first-order chi connectivity index (χ1) is 46.2. The van der Waals surface area contributed by atoms with Gasteiger partial charge in [0.1, 0.15) is 0 Å². The van der Waals surface area contributed by atoms with Crippen LogP contribution in [0.4, 0.5) is 325 Å². The van der Waals surface area contributed by atoms with Crippen molar-refractivity contribution in [2.75, 3.05) is 0 Å². The Hall–Kier alpha value is -5.22. The molecule has 0 aliphatic heterocycles. The van der Waals surface area contributed by atoms with Crippen LogP contribution in [0.5, 0.6) is 0 Å². The van der Waals surface area contributed by atoms with Crippen molar-refractivity contribution in [2.45, 2.75) is 214 Å². The van der Waals surface area contributed by atoms with Crippen LogP contribution in [0.2, 0.25) is 0 Å². The van der Waals surface area contributed by atoms with Gasteiger partial charge in [-0.25, -0.2) is 4.74 Å². The summed E-state index contributed by atoms with van der Waals surface area (Å²) in [6.45, 7) is 0. The lowest BCUT2D eigenvalue weighted by molar-refractivity contribution is -0.531. The van der Waals surface area contributed by atoms with E-state index in [2.05, 4.69) is 0 Å². The Kier molecular flexibility index (Phi) is 24.0.